The first-order chi connectivity index (χ1) is 11.7. The largest absolute Gasteiger partial charge is 0.315 e. The third kappa shape index (κ3) is 16.5. The Hall–Kier alpha value is -0.340. The number of hydrogen-bond acceptors (Lipinski definition) is 2. The molecule has 1 N–H and O–H groups in total. The highest BCUT2D eigenvalue weighted by Gasteiger charge is 2.03. The zero-order chi connectivity index (χ0) is 17.9. The van der Waals surface area contributed by atoms with E-state index in [1.165, 1.54) is 83.8 Å². The van der Waals surface area contributed by atoms with Gasteiger partial charge in [-0.1, -0.05) is 65.5 Å². The van der Waals surface area contributed by atoms with Crippen LogP contribution in [0, 0.1) is 5.92 Å². The molecule has 24 heavy (non-hydrogen) atoms. The van der Waals surface area contributed by atoms with E-state index in [0.717, 1.165) is 19.0 Å². The van der Waals surface area contributed by atoms with Gasteiger partial charge in [0.05, 0.1) is 0 Å². The van der Waals surface area contributed by atoms with Gasteiger partial charge in [0, 0.05) is 13.1 Å². The molecular formula is C22H46N2. The zero-order valence-corrected chi connectivity index (χ0v) is 17.3. The molecule has 0 aliphatic carbocycles. The van der Waals surface area contributed by atoms with E-state index in [4.69, 9.17) is 0 Å². The van der Waals surface area contributed by atoms with Crippen LogP contribution in [0.5, 0.6) is 0 Å². The predicted octanol–water partition coefficient (Wildman–Crippen LogP) is 6.03. The fourth-order valence-corrected chi connectivity index (χ4v) is 3.14. The van der Waals surface area contributed by atoms with Crippen molar-refractivity contribution in [2.75, 3.05) is 32.7 Å². The Morgan fingerprint density at radius 2 is 1.46 bits per heavy atom. The third-order valence-electron chi connectivity index (χ3n) is 4.64. The lowest BCUT2D eigenvalue weighted by Gasteiger charge is -2.21. The van der Waals surface area contributed by atoms with Gasteiger partial charge < -0.3 is 10.2 Å². The van der Waals surface area contributed by atoms with Crippen LogP contribution in [0.25, 0.3) is 0 Å². The molecule has 0 aliphatic rings. The molecule has 0 saturated carbocycles. The van der Waals surface area contributed by atoms with Crippen LogP contribution in [0.3, 0.4) is 0 Å². The number of rotatable bonds is 18. The Kier molecular flexibility index (Phi) is 18.7. The maximum atomic E-state index is 3.65. The van der Waals surface area contributed by atoms with Gasteiger partial charge in [-0.3, -0.25) is 0 Å². The van der Waals surface area contributed by atoms with Crippen molar-refractivity contribution < 1.29 is 0 Å². The number of nitrogens with one attached hydrogen (secondary N) is 1. The van der Waals surface area contributed by atoms with Crippen LogP contribution < -0.4 is 5.32 Å². The first-order valence-electron chi connectivity index (χ1n) is 10.8. The molecule has 0 aliphatic heterocycles. The first-order valence-corrected chi connectivity index (χ1v) is 10.8. The van der Waals surface area contributed by atoms with Gasteiger partial charge in [-0.15, -0.1) is 0 Å². The van der Waals surface area contributed by atoms with Crippen molar-refractivity contribution in [1.82, 2.24) is 10.2 Å². The topological polar surface area (TPSA) is 15.3 Å². The van der Waals surface area contributed by atoms with E-state index in [1.807, 2.05) is 0 Å². The number of unbranched alkanes of at least 4 members (excludes halogenated alkanes) is 5. The monoisotopic (exact) mass is 338 g/mol. The van der Waals surface area contributed by atoms with E-state index in [0.29, 0.717) is 0 Å². The molecule has 2 heteroatoms. The molecule has 1 atom stereocenters. The second-order valence-electron chi connectivity index (χ2n) is 7.40. The summed E-state index contributed by atoms with van der Waals surface area (Å²) in [5, 5.41) is 3.65. The number of nitrogens with zero attached hydrogens (tertiary/aromatic N) is 1. The molecule has 0 fully saturated rings. The summed E-state index contributed by atoms with van der Waals surface area (Å²) in [7, 11) is 0. The van der Waals surface area contributed by atoms with Crippen molar-refractivity contribution in [1.29, 1.82) is 0 Å². The third-order valence-corrected chi connectivity index (χ3v) is 4.64. The molecule has 1 unspecified atom stereocenters. The highest BCUT2D eigenvalue weighted by atomic mass is 15.1. The molecule has 0 aromatic rings. The lowest BCUT2D eigenvalue weighted by atomic mass is 10.0. The highest BCUT2D eigenvalue weighted by Crippen LogP contribution is 2.08. The Morgan fingerprint density at radius 1 is 0.792 bits per heavy atom. The first kappa shape index (κ1) is 23.7. The van der Waals surface area contributed by atoms with Crippen LogP contribution in [0.15, 0.2) is 12.2 Å². The molecule has 0 amide bonds. The van der Waals surface area contributed by atoms with E-state index >= 15 is 0 Å². The summed E-state index contributed by atoms with van der Waals surface area (Å²) in [5.74, 6) is 0.782. The fourth-order valence-electron chi connectivity index (χ4n) is 3.14. The van der Waals surface area contributed by atoms with Crippen LogP contribution in [0.4, 0.5) is 0 Å². The van der Waals surface area contributed by atoms with Gasteiger partial charge in [0.2, 0.25) is 0 Å². The molecule has 2 nitrogen and oxygen atoms in total. The summed E-state index contributed by atoms with van der Waals surface area (Å²) in [6.07, 6.45) is 18.1. The standard InChI is InChI=1S/C22H46N2/c1-5-8-9-10-11-12-13-14-15-16-22(4)21-23-17-20-24(18-6-2)19-7-3/h13-14,22-23H,5-12,15-21H2,1-4H3/b14-13+. The second-order valence-corrected chi connectivity index (χ2v) is 7.40. The minimum absolute atomic E-state index is 0.782. The van der Waals surface area contributed by atoms with Crippen LogP contribution in [-0.4, -0.2) is 37.6 Å². The molecule has 144 valence electrons. The maximum absolute atomic E-state index is 3.65. The Bertz CT molecular complexity index is 257. The normalized spacial score (nSPS) is 13.2. The fraction of sp³-hybridized carbons (Fsp3) is 0.909. The van der Waals surface area contributed by atoms with E-state index in [2.05, 4.69) is 50.1 Å². The minimum atomic E-state index is 0.782. The lowest BCUT2D eigenvalue weighted by molar-refractivity contribution is 0.272. The van der Waals surface area contributed by atoms with Gasteiger partial charge in [-0.2, -0.15) is 0 Å². The van der Waals surface area contributed by atoms with Crippen molar-refractivity contribution in [3.8, 4) is 0 Å². The van der Waals surface area contributed by atoms with E-state index in [1.54, 1.807) is 0 Å². The summed E-state index contributed by atoms with van der Waals surface area (Å²) >= 11 is 0. The predicted molar refractivity (Wildman–Crippen MR) is 111 cm³/mol. The van der Waals surface area contributed by atoms with Crippen LogP contribution in [-0.2, 0) is 0 Å². The van der Waals surface area contributed by atoms with Crippen LogP contribution in [0.2, 0.25) is 0 Å². The van der Waals surface area contributed by atoms with Crippen molar-refractivity contribution in [2.45, 2.75) is 91.9 Å². The molecular weight excluding hydrogens is 292 g/mol. The number of hydrogen-bond donors (Lipinski definition) is 1. The summed E-state index contributed by atoms with van der Waals surface area (Å²) in [6.45, 7) is 15.2. The molecule has 0 rings (SSSR count). The van der Waals surface area contributed by atoms with Crippen LogP contribution >= 0.6 is 0 Å². The highest BCUT2D eigenvalue weighted by molar-refractivity contribution is 4.82. The van der Waals surface area contributed by atoms with Gasteiger partial charge in [0.15, 0.2) is 0 Å². The summed E-state index contributed by atoms with van der Waals surface area (Å²) in [6, 6.07) is 0. The molecule has 0 aromatic carbocycles. The Labute approximate surface area is 153 Å². The summed E-state index contributed by atoms with van der Waals surface area (Å²) in [5.41, 5.74) is 0. The van der Waals surface area contributed by atoms with Gasteiger partial charge >= 0.3 is 0 Å². The SMILES string of the molecule is CCCCCCC/C=C/CCC(C)CNCCN(CCC)CCC. The van der Waals surface area contributed by atoms with E-state index < -0.39 is 0 Å². The van der Waals surface area contributed by atoms with Gasteiger partial charge in [-0.05, 0) is 64.1 Å². The van der Waals surface area contributed by atoms with Gasteiger partial charge in [0.25, 0.3) is 0 Å². The van der Waals surface area contributed by atoms with Gasteiger partial charge in [0.1, 0.15) is 0 Å². The van der Waals surface area contributed by atoms with E-state index in [9.17, 15) is 0 Å². The average Bonchev–Trinajstić information content (AvgIpc) is 2.57. The maximum Gasteiger partial charge on any atom is 0.0107 e. The zero-order valence-electron chi connectivity index (χ0n) is 17.3. The lowest BCUT2D eigenvalue weighted by Crippen LogP contribution is -2.34. The van der Waals surface area contributed by atoms with Crippen molar-refractivity contribution in [3.05, 3.63) is 12.2 Å². The van der Waals surface area contributed by atoms with Crippen molar-refractivity contribution >= 4 is 0 Å². The minimum Gasteiger partial charge on any atom is -0.315 e. The molecule has 0 heterocycles. The summed E-state index contributed by atoms with van der Waals surface area (Å²) < 4.78 is 0. The van der Waals surface area contributed by atoms with Crippen molar-refractivity contribution in [3.63, 3.8) is 0 Å². The van der Waals surface area contributed by atoms with Gasteiger partial charge in [-0.25, -0.2) is 0 Å². The van der Waals surface area contributed by atoms with Crippen LogP contribution in [0.1, 0.15) is 91.9 Å². The van der Waals surface area contributed by atoms with E-state index in [-0.39, 0.29) is 0 Å². The summed E-state index contributed by atoms with van der Waals surface area (Å²) in [4.78, 5) is 2.58. The Morgan fingerprint density at radius 3 is 2.12 bits per heavy atom. The smallest absolute Gasteiger partial charge is 0.0107 e. The quantitative estimate of drug-likeness (QED) is 0.242. The molecule has 0 spiro atoms. The second kappa shape index (κ2) is 19.0. The molecule has 0 bridgehead atoms. The average molecular weight is 339 g/mol. The molecule has 0 aromatic heterocycles. The van der Waals surface area contributed by atoms with Crippen molar-refractivity contribution in [2.24, 2.45) is 5.92 Å². The number of allylic oxidation sites excluding steroid dienone is 2. The Balaban J connectivity index is 3.47. The molecule has 0 radical (unpaired) electrons. The molecule has 0 saturated heterocycles.